The monoisotopic (exact) mass is 210 g/mol. The molecule has 16 heavy (non-hydrogen) atoms. The predicted molar refractivity (Wildman–Crippen MR) is 62.7 cm³/mol. The summed E-state index contributed by atoms with van der Waals surface area (Å²) in [6, 6.07) is 17.5. The first kappa shape index (κ1) is 9.04. The van der Waals surface area contributed by atoms with Crippen molar-refractivity contribution >= 4 is 11.0 Å². The molecule has 0 aliphatic rings. The lowest BCUT2D eigenvalue weighted by atomic mass is 10.2. The third-order valence-corrected chi connectivity index (χ3v) is 2.42. The average molecular weight is 210 g/mol. The molecule has 2 heteroatoms. The van der Waals surface area contributed by atoms with E-state index in [-0.39, 0.29) is 0 Å². The summed E-state index contributed by atoms with van der Waals surface area (Å²) < 4.78 is 11.1. The molecule has 0 amide bonds. The van der Waals surface area contributed by atoms with E-state index in [2.05, 4.69) is 0 Å². The van der Waals surface area contributed by atoms with Crippen LogP contribution < -0.4 is 4.74 Å². The van der Waals surface area contributed by atoms with Crippen molar-refractivity contribution in [3.05, 3.63) is 60.9 Å². The van der Waals surface area contributed by atoms with Crippen molar-refractivity contribution in [1.82, 2.24) is 0 Å². The summed E-state index contributed by atoms with van der Waals surface area (Å²) in [5, 5.41) is 0.992. The van der Waals surface area contributed by atoms with E-state index in [9.17, 15) is 0 Å². The van der Waals surface area contributed by atoms with Gasteiger partial charge in [-0.05, 0) is 24.3 Å². The summed E-state index contributed by atoms with van der Waals surface area (Å²) in [5.74, 6) is 1.57. The largest absolute Gasteiger partial charge is 0.460 e. The van der Waals surface area contributed by atoms with Gasteiger partial charge in [-0.15, -0.1) is 0 Å². The summed E-state index contributed by atoms with van der Waals surface area (Å²) in [5.41, 5.74) is 0.841. The zero-order valence-electron chi connectivity index (χ0n) is 8.59. The zero-order valence-corrected chi connectivity index (χ0v) is 8.59. The van der Waals surface area contributed by atoms with E-state index in [0.29, 0.717) is 0 Å². The Morgan fingerprint density at radius 3 is 2.44 bits per heavy atom. The second-order valence-corrected chi connectivity index (χ2v) is 3.51. The maximum absolute atomic E-state index is 5.74. The number of benzene rings is 2. The summed E-state index contributed by atoms with van der Waals surface area (Å²) in [4.78, 5) is 0. The molecule has 2 nitrogen and oxygen atoms in total. The van der Waals surface area contributed by atoms with Crippen LogP contribution in [-0.2, 0) is 0 Å². The van der Waals surface area contributed by atoms with Crippen molar-refractivity contribution in [2.75, 3.05) is 0 Å². The minimum absolute atomic E-state index is 0.752. The minimum Gasteiger partial charge on any atom is -0.460 e. The molecule has 0 aliphatic heterocycles. The average Bonchev–Trinajstić information content (AvgIpc) is 2.74. The lowest BCUT2D eigenvalue weighted by Gasteiger charge is -2.01. The van der Waals surface area contributed by atoms with Gasteiger partial charge in [0, 0.05) is 0 Å². The van der Waals surface area contributed by atoms with Gasteiger partial charge in [0.2, 0.25) is 0 Å². The Hall–Kier alpha value is -2.22. The molecule has 2 aromatic carbocycles. The minimum atomic E-state index is 0.752. The second kappa shape index (κ2) is 3.74. The molecule has 0 saturated heterocycles. The van der Waals surface area contributed by atoms with Gasteiger partial charge in [0.25, 0.3) is 0 Å². The van der Waals surface area contributed by atoms with Crippen LogP contribution in [0.15, 0.2) is 65.3 Å². The van der Waals surface area contributed by atoms with Gasteiger partial charge in [-0.2, -0.15) is 0 Å². The van der Waals surface area contributed by atoms with Crippen LogP contribution in [0.4, 0.5) is 0 Å². The summed E-state index contributed by atoms with van der Waals surface area (Å²) in [6.07, 6.45) is 1.64. The molecule has 0 spiro atoms. The molecule has 0 aliphatic carbocycles. The molecular weight excluding hydrogens is 200 g/mol. The Labute approximate surface area is 93.1 Å². The van der Waals surface area contributed by atoms with Crippen molar-refractivity contribution in [1.29, 1.82) is 0 Å². The highest BCUT2D eigenvalue weighted by Crippen LogP contribution is 2.31. The van der Waals surface area contributed by atoms with Gasteiger partial charge >= 0.3 is 0 Å². The van der Waals surface area contributed by atoms with Gasteiger partial charge in [-0.3, -0.25) is 0 Å². The molecule has 0 bridgehead atoms. The fourth-order valence-electron chi connectivity index (χ4n) is 1.65. The fourth-order valence-corrected chi connectivity index (χ4v) is 1.65. The maximum atomic E-state index is 5.74. The van der Waals surface area contributed by atoms with Crippen LogP contribution in [0.25, 0.3) is 11.0 Å². The van der Waals surface area contributed by atoms with Crippen LogP contribution in [-0.4, -0.2) is 0 Å². The van der Waals surface area contributed by atoms with Crippen molar-refractivity contribution < 1.29 is 9.15 Å². The SMILES string of the molecule is c1ccc(Oc2coc3ccccc23)cc1. The molecule has 0 radical (unpaired) electrons. The lowest BCUT2D eigenvalue weighted by Crippen LogP contribution is -1.80. The Morgan fingerprint density at radius 2 is 1.56 bits per heavy atom. The van der Waals surface area contributed by atoms with Crippen molar-refractivity contribution in [3.8, 4) is 11.5 Å². The van der Waals surface area contributed by atoms with Crippen LogP contribution in [0.3, 0.4) is 0 Å². The lowest BCUT2D eigenvalue weighted by molar-refractivity contribution is 0.472. The van der Waals surface area contributed by atoms with Crippen LogP contribution >= 0.6 is 0 Å². The maximum Gasteiger partial charge on any atom is 0.173 e. The van der Waals surface area contributed by atoms with Gasteiger partial charge in [0.15, 0.2) is 5.75 Å². The molecule has 0 unspecified atom stereocenters. The number of furan rings is 1. The van der Waals surface area contributed by atoms with E-state index in [1.165, 1.54) is 0 Å². The molecule has 78 valence electrons. The Bertz CT molecular complexity index is 596. The van der Waals surface area contributed by atoms with Crippen molar-refractivity contribution in [2.24, 2.45) is 0 Å². The van der Waals surface area contributed by atoms with E-state index in [1.54, 1.807) is 6.26 Å². The number of fused-ring (bicyclic) bond motifs is 1. The predicted octanol–water partition coefficient (Wildman–Crippen LogP) is 4.23. The molecule has 0 fully saturated rings. The molecule has 0 saturated carbocycles. The van der Waals surface area contributed by atoms with Crippen molar-refractivity contribution in [2.45, 2.75) is 0 Å². The van der Waals surface area contributed by atoms with Crippen LogP contribution in [0, 0.1) is 0 Å². The summed E-state index contributed by atoms with van der Waals surface area (Å²) >= 11 is 0. The van der Waals surface area contributed by atoms with Gasteiger partial charge in [0.1, 0.15) is 17.6 Å². The first-order valence-electron chi connectivity index (χ1n) is 5.12. The van der Waals surface area contributed by atoms with Crippen molar-refractivity contribution in [3.63, 3.8) is 0 Å². The third-order valence-electron chi connectivity index (χ3n) is 2.42. The normalized spacial score (nSPS) is 10.5. The first-order chi connectivity index (χ1) is 7.93. The van der Waals surface area contributed by atoms with Crippen LogP contribution in [0.2, 0.25) is 0 Å². The van der Waals surface area contributed by atoms with Crippen LogP contribution in [0.1, 0.15) is 0 Å². The topological polar surface area (TPSA) is 22.4 Å². The molecule has 1 heterocycles. The molecule has 1 aromatic heterocycles. The molecule has 3 aromatic rings. The number of ether oxygens (including phenoxy) is 1. The quantitative estimate of drug-likeness (QED) is 0.631. The van der Waals surface area contributed by atoms with E-state index in [1.807, 2.05) is 54.6 Å². The van der Waals surface area contributed by atoms with E-state index in [0.717, 1.165) is 22.5 Å². The van der Waals surface area contributed by atoms with Crippen LogP contribution in [0.5, 0.6) is 11.5 Å². The highest BCUT2D eigenvalue weighted by Gasteiger charge is 2.06. The molecule has 3 rings (SSSR count). The van der Waals surface area contributed by atoms with Gasteiger partial charge in [-0.25, -0.2) is 0 Å². The number of rotatable bonds is 2. The van der Waals surface area contributed by atoms with E-state index < -0.39 is 0 Å². The number of hydrogen-bond acceptors (Lipinski definition) is 2. The highest BCUT2D eigenvalue weighted by atomic mass is 16.5. The second-order valence-electron chi connectivity index (χ2n) is 3.51. The third kappa shape index (κ3) is 1.54. The Kier molecular flexibility index (Phi) is 2.11. The first-order valence-corrected chi connectivity index (χ1v) is 5.12. The molecule has 0 atom stereocenters. The Morgan fingerprint density at radius 1 is 0.812 bits per heavy atom. The molecule has 0 N–H and O–H groups in total. The van der Waals surface area contributed by atoms with E-state index >= 15 is 0 Å². The fraction of sp³-hybridized carbons (Fsp3) is 0. The molecular formula is C14H10O2. The number of para-hydroxylation sites is 2. The zero-order chi connectivity index (χ0) is 10.8. The smallest absolute Gasteiger partial charge is 0.173 e. The van der Waals surface area contributed by atoms with E-state index in [4.69, 9.17) is 9.15 Å². The number of hydrogen-bond donors (Lipinski definition) is 0. The summed E-state index contributed by atoms with van der Waals surface area (Å²) in [6.45, 7) is 0. The Balaban J connectivity index is 2.01. The summed E-state index contributed by atoms with van der Waals surface area (Å²) in [7, 11) is 0. The standard InChI is InChI=1S/C14H10O2/c1-2-6-11(7-3-1)16-14-10-15-13-9-5-4-8-12(13)14/h1-10H. The van der Waals surface area contributed by atoms with Gasteiger partial charge < -0.3 is 9.15 Å². The highest BCUT2D eigenvalue weighted by molar-refractivity contribution is 5.84. The van der Waals surface area contributed by atoms with Gasteiger partial charge in [0.05, 0.1) is 5.39 Å². The van der Waals surface area contributed by atoms with Gasteiger partial charge in [-0.1, -0.05) is 30.3 Å².